The zero-order valence-electron chi connectivity index (χ0n) is 42.1. The second kappa shape index (κ2) is 20.4. The van der Waals surface area contributed by atoms with Crippen LogP contribution in [-0.2, 0) is 18.9 Å². The number of rotatable bonds is 0. The van der Waals surface area contributed by atoms with Gasteiger partial charge in [-0.25, -0.2) is 29.1 Å². The van der Waals surface area contributed by atoms with Crippen molar-refractivity contribution in [1.29, 1.82) is 0 Å². The van der Waals surface area contributed by atoms with Crippen molar-refractivity contribution in [2.24, 2.45) is 0 Å². The fourth-order valence-corrected chi connectivity index (χ4v) is 10.4. The smallest absolute Gasteiger partial charge is 0.339 e. The van der Waals surface area contributed by atoms with Gasteiger partial charge in [0.15, 0.2) is 0 Å². The first-order valence-electron chi connectivity index (χ1n) is 25.5. The van der Waals surface area contributed by atoms with Gasteiger partial charge in [-0.15, -0.1) is 0 Å². The standard InChI is InChI=1S/C62H42N4O14/c67-57-55-53-35-11-3-7-15-49(35)75-25-29-79-61(71)39-31-37-38-32-40(39)62(72)80-30-26-76-50-16-8-4-12-36(50)54(56(66-55)58(57)68)46-22-20-44(65-46)52(34-10-2-6-14-48(34)74-24-28-78-60(38)70)42-18-17-41(63-42)51(43-19-21-45(53)64-43)33-9-1-5-13-47(33)73-23-27-77-59(37)69/h1-22,31-32,64-65H,23-30H2. The van der Waals surface area contributed by atoms with Crippen molar-refractivity contribution < 1.29 is 66.7 Å². The lowest BCUT2D eigenvalue weighted by atomic mass is 9.98. The Bertz CT molecular complexity index is 3930. The molecule has 0 unspecified atom stereocenters. The highest BCUT2D eigenvalue weighted by Gasteiger charge is 2.36. The van der Waals surface area contributed by atoms with Gasteiger partial charge in [-0.2, -0.15) is 0 Å². The fraction of sp³-hybridized carbons (Fsp3) is 0.129. The van der Waals surface area contributed by atoms with Crippen LogP contribution in [0.3, 0.4) is 0 Å². The van der Waals surface area contributed by atoms with Gasteiger partial charge in [-0.1, -0.05) is 72.8 Å². The number of carbonyl (C=O) groups excluding carboxylic acids is 6. The van der Waals surface area contributed by atoms with Crippen molar-refractivity contribution in [3.63, 3.8) is 0 Å². The largest absolute Gasteiger partial charge is 0.489 e. The lowest BCUT2D eigenvalue weighted by molar-refractivity contribution is 0.0389. The maximum atomic E-state index is 15.1. The first-order valence-corrected chi connectivity index (χ1v) is 25.5. The lowest BCUT2D eigenvalue weighted by Crippen LogP contribution is -2.23. The molecule has 0 atom stereocenters. The number of hydrogen-bond donors (Lipinski definition) is 2. The van der Waals surface area contributed by atoms with Gasteiger partial charge >= 0.3 is 23.9 Å². The van der Waals surface area contributed by atoms with Crippen LogP contribution in [0, 0.1) is 0 Å². The molecule has 18 nitrogen and oxygen atoms in total. The predicted molar refractivity (Wildman–Crippen MR) is 290 cm³/mol. The molecular weight excluding hydrogens is 1020 g/mol. The second-order valence-electron chi connectivity index (χ2n) is 18.6. The Hall–Kier alpha value is -10.6. The molecule has 5 aromatic carbocycles. The molecule has 0 radical (unpaired) electrons. The highest BCUT2D eigenvalue weighted by atomic mass is 16.6. The molecule has 3 aromatic heterocycles. The Morgan fingerprint density at radius 2 is 0.575 bits per heavy atom. The number of H-pyrrole nitrogens is 2. The van der Waals surface area contributed by atoms with Gasteiger partial charge in [0.25, 0.3) is 11.6 Å². The van der Waals surface area contributed by atoms with Crippen LogP contribution in [0.4, 0.5) is 0 Å². The number of para-hydroxylation sites is 4. The van der Waals surface area contributed by atoms with E-state index in [1.165, 1.54) is 0 Å². The van der Waals surface area contributed by atoms with Gasteiger partial charge in [0.1, 0.15) is 87.2 Å². The predicted octanol–water partition coefficient (Wildman–Crippen LogP) is 10.1. The summed E-state index contributed by atoms with van der Waals surface area (Å²) >= 11 is 0. The monoisotopic (exact) mass is 1070 g/mol. The molecule has 0 amide bonds. The zero-order valence-corrected chi connectivity index (χ0v) is 42.1. The molecule has 0 fully saturated rings. The quantitative estimate of drug-likeness (QED) is 0.0816. The number of benzene rings is 5. The van der Waals surface area contributed by atoms with Crippen LogP contribution in [0.2, 0.25) is 0 Å². The molecule has 0 spiro atoms. The Kier molecular flexibility index (Phi) is 12.5. The van der Waals surface area contributed by atoms with E-state index in [1.54, 1.807) is 84.9 Å². The van der Waals surface area contributed by atoms with Gasteiger partial charge in [-0.05, 0) is 72.8 Å². The number of Topliss-reactive ketones (excluding diaryl/α,β-unsaturated/α-hetero) is 2. The van der Waals surface area contributed by atoms with E-state index < -0.39 is 70.9 Å². The summed E-state index contributed by atoms with van der Waals surface area (Å²) in [6, 6.07) is 37.3. The van der Waals surface area contributed by atoms with Gasteiger partial charge in [0.05, 0.1) is 33.6 Å². The maximum Gasteiger partial charge on any atom is 0.339 e. The van der Waals surface area contributed by atoms with E-state index in [-0.39, 0.29) is 73.7 Å². The number of aromatic amines is 2. The minimum atomic E-state index is -1.09. The zero-order chi connectivity index (χ0) is 54.4. The molecule has 18 heteroatoms. The van der Waals surface area contributed by atoms with Crippen molar-refractivity contribution in [3.8, 4) is 67.5 Å². The van der Waals surface area contributed by atoms with Gasteiger partial charge < -0.3 is 47.9 Å². The average molecular weight is 1070 g/mol. The van der Waals surface area contributed by atoms with Crippen LogP contribution in [0.15, 0.2) is 133 Å². The molecule has 0 aliphatic carbocycles. The summed E-state index contributed by atoms with van der Waals surface area (Å²) in [6.07, 6.45) is 3.76. The Morgan fingerprint density at radius 3 is 0.900 bits per heavy atom. The molecule has 7 heterocycles. The van der Waals surface area contributed by atoms with E-state index in [2.05, 4.69) is 9.97 Å². The van der Waals surface area contributed by atoms with E-state index >= 15 is 9.59 Å². The number of aromatic nitrogens is 4. The summed E-state index contributed by atoms with van der Waals surface area (Å²) in [4.78, 5) is 105. The number of hydrogen-bond acceptors (Lipinski definition) is 16. The van der Waals surface area contributed by atoms with Crippen molar-refractivity contribution in [1.82, 2.24) is 19.9 Å². The lowest BCUT2D eigenvalue weighted by Gasteiger charge is -2.17. The minimum absolute atomic E-state index is 0.200. The van der Waals surface area contributed by atoms with Crippen molar-refractivity contribution >= 4 is 69.7 Å². The Labute approximate surface area is 453 Å². The fourth-order valence-electron chi connectivity index (χ4n) is 10.4. The number of nitrogens with zero attached hydrogens (tertiary/aromatic N) is 2. The first kappa shape index (κ1) is 49.0. The third-order valence-electron chi connectivity index (χ3n) is 13.9. The highest BCUT2D eigenvalue weighted by molar-refractivity contribution is 6.52. The summed E-state index contributed by atoms with van der Waals surface area (Å²) in [5.41, 5.74) is 3.82. The summed E-state index contributed by atoms with van der Waals surface area (Å²) in [5.74, 6) is -5.00. The average Bonchev–Trinajstić information content (AvgIpc) is 4.51. The molecule has 8 aromatic rings. The number of nitrogens with one attached hydrogen (secondary N) is 2. The van der Waals surface area contributed by atoms with Crippen LogP contribution < -0.4 is 18.9 Å². The van der Waals surface area contributed by atoms with E-state index in [9.17, 15) is 19.2 Å². The maximum absolute atomic E-state index is 15.1. The topological polar surface area (TPSA) is 234 Å². The molecule has 0 saturated carbocycles. The normalized spacial score (nSPS) is 15.2. The molecule has 394 valence electrons. The van der Waals surface area contributed by atoms with E-state index in [0.29, 0.717) is 78.3 Å². The van der Waals surface area contributed by atoms with Crippen LogP contribution in [0.25, 0.3) is 78.7 Å². The summed E-state index contributed by atoms with van der Waals surface area (Å²) in [5, 5.41) is 0. The number of ketones is 2. The third kappa shape index (κ3) is 8.73. The summed E-state index contributed by atoms with van der Waals surface area (Å²) in [7, 11) is 0. The number of ether oxygens (including phenoxy) is 8. The second-order valence-corrected chi connectivity index (χ2v) is 18.6. The van der Waals surface area contributed by atoms with Crippen LogP contribution in [0.5, 0.6) is 23.0 Å². The van der Waals surface area contributed by atoms with Crippen LogP contribution in [0.1, 0.15) is 73.8 Å². The molecule has 12 bridgehead atoms. The number of esters is 4. The summed E-state index contributed by atoms with van der Waals surface area (Å²) < 4.78 is 48.6. The van der Waals surface area contributed by atoms with Crippen molar-refractivity contribution in [2.45, 2.75) is 0 Å². The van der Waals surface area contributed by atoms with E-state index in [1.807, 2.05) is 48.6 Å². The summed E-state index contributed by atoms with van der Waals surface area (Å²) in [6.45, 7) is -2.54. The molecule has 2 N–H and O–H groups in total. The number of carbonyl (C=O) groups is 6. The molecule has 0 saturated heterocycles. The highest BCUT2D eigenvalue weighted by Crippen LogP contribution is 2.44. The molecule has 12 rings (SSSR count). The molecule has 80 heavy (non-hydrogen) atoms. The van der Waals surface area contributed by atoms with Crippen LogP contribution in [-0.4, -0.2) is 108 Å². The molecule has 4 aliphatic heterocycles. The van der Waals surface area contributed by atoms with Gasteiger partial charge in [0.2, 0.25) is 0 Å². The Morgan fingerprint density at radius 1 is 0.300 bits per heavy atom. The van der Waals surface area contributed by atoms with Gasteiger partial charge in [0, 0.05) is 66.6 Å². The third-order valence-corrected chi connectivity index (χ3v) is 13.9. The Balaban J connectivity index is 1.22. The van der Waals surface area contributed by atoms with E-state index in [0.717, 1.165) is 12.1 Å². The van der Waals surface area contributed by atoms with Gasteiger partial charge in [-0.3, -0.25) is 9.59 Å². The van der Waals surface area contributed by atoms with E-state index in [4.69, 9.17) is 47.9 Å². The number of fused-ring (bicyclic) bond motifs is 18. The SMILES string of the molecule is O=C1OCCOc2ccccc2-c2c3nc(c4c5ccc([nH]5)c5c6nc(c(c7ccc2[nH]7)-c2ccccc2OCCOC(=O)c2cc1c(cc2C(=O)OCCOc1ccccc1-5)C(=O)OCCOc1ccccc1-4)C(=O)C6=O)C=C3. The van der Waals surface area contributed by atoms with Crippen LogP contribution >= 0.6 is 0 Å². The van der Waals surface area contributed by atoms with Crippen molar-refractivity contribution in [2.75, 3.05) is 52.9 Å². The molecule has 4 aliphatic rings. The van der Waals surface area contributed by atoms with Crippen molar-refractivity contribution in [3.05, 3.63) is 178 Å². The minimum Gasteiger partial charge on any atom is -0.489 e. The first-order chi connectivity index (χ1) is 39.2. The number of cyclic esters (lactones) is 4. The molecular formula is C62H42N4O14.